The zero-order chi connectivity index (χ0) is 15.5. The van der Waals surface area contributed by atoms with Crippen molar-refractivity contribution in [1.29, 1.82) is 0 Å². The number of pyridine rings is 1. The summed E-state index contributed by atoms with van der Waals surface area (Å²) < 4.78 is 0. The summed E-state index contributed by atoms with van der Waals surface area (Å²) in [5.41, 5.74) is 4.97. The summed E-state index contributed by atoms with van der Waals surface area (Å²) in [6.45, 7) is -0.147. The number of rotatable bonds is 2. The number of aliphatic hydroxyl groups excluding tert-OH is 1. The molecule has 3 aromatic rings. The highest BCUT2D eigenvalue weighted by atomic mass is 16.2. The van der Waals surface area contributed by atoms with Crippen LogP contribution in [0.5, 0.6) is 0 Å². The van der Waals surface area contributed by atoms with Gasteiger partial charge in [-0.05, 0) is 23.8 Å². The Balaban J connectivity index is 2.03. The second-order valence-electron chi connectivity index (χ2n) is 5.22. The van der Waals surface area contributed by atoms with Gasteiger partial charge in [0.1, 0.15) is 12.3 Å². The van der Waals surface area contributed by atoms with Gasteiger partial charge in [-0.1, -0.05) is 24.0 Å². The van der Waals surface area contributed by atoms with Crippen molar-refractivity contribution >= 4 is 16.7 Å². The lowest BCUT2D eigenvalue weighted by Gasteiger charge is -2.12. The maximum absolute atomic E-state index is 8.84. The molecule has 0 aliphatic carbocycles. The van der Waals surface area contributed by atoms with Crippen LogP contribution < -0.4 is 4.90 Å². The largest absolute Gasteiger partial charge is 0.384 e. The van der Waals surface area contributed by atoms with Gasteiger partial charge in [-0.2, -0.15) is 0 Å². The van der Waals surface area contributed by atoms with E-state index in [1.165, 1.54) is 0 Å². The molecule has 2 N–H and O–H groups in total. The lowest BCUT2D eigenvalue weighted by molar-refractivity contribution is 0.350. The number of aromatic amines is 1. The Kier molecular flexibility index (Phi) is 3.82. The van der Waals surface area contributed by atoms with E-state index in [0.29, 0.717) is 0 Å². The van der Waals surface area contributed by atoms with Gasteiger partial charge in [-0.15, -0.1) is 0 Å². The summed E-state index contributed by atoms with van der Waals surface area (Å²) in [7, 11) is 4.04. The van der Waals surface area contributed by atoms with E-state index in [1.807, 2.05) is 26.5 Å². The van der Waals surface area contributed by atoms with Crippen LogP contribution in [0.2, 0.25) is 0 Å². The number of nitrogens with zero attached hydrogens (tertiary/aromatic N) is 2. The molecule has 0 aliphatic heterocycles. The first-order chi connectivity index (χ1) is 10.7. The molecular formula is C18H17N3O. The minimum atomic E-state index is -0.147. The van der Waals surface area contributed by atoms with Crippen LogP contribution in [0, 0.1) is 11.8 Å². The monoisotopic (exact) mass is 291 g/mol. The Morgan fingerprint density at radius 2 is 1.95 bits per heavy atom. The van der Waals surface area contributed by atoms with Crippen LogP contribution in [0.25, 0.3) is 22.2 Å². The summed E-state index contributed by atoms with van der Waals surface area (Å²) >= 11 is 0. The molecule has 0 saturated carbocycles. The second kappa shape index (κ2) is 5.92. The number of benzene rings is 1. The molecule has 0 atom stereocenters. The third kappa shape index (κ3) is 2.67. The van der Waals surface area contributed by atoms with Crippen molar-refractivity contribution in [3.05, 3.63) is 48.3 Å². The Morgan fingerprint density at radius 1 is 1.18 bits per heavy atom. The van der Waals surface area contributed by atoms with Crippen LogP contribution in [0.3, 0.4) is 0 Å². The molecular weight excluding hydrogens is 274 g/mol. The molecule has 0 aliphatic rings. The van der Waals surface area contributed by atoms with Crippen molar-refractivity contribution < 1.29 is 5.11 Å². The smallest absolute Gasteiger partial charge is 0.138 e. The van der Waals surface area contributed by atoms with Crippen molar-refractivity contribution in [3.63, 3.8) is 0 Å². The van der Waals surface area contributed by atoms with Gasteiger partial charge in [0.2, 0.25) is 0 Å². The van der Waals surface area contributed by atoms with Crippen molar-refractivity contribution in [2.75, 3.05) is 25.6 Å². The summed E-state index contributed by atoms with van der Waals surface area (Å²) in [6, 6.07) is 10.4. The zero-order valence-electron chi connectivity index (χ0n) is 12.6. The molecule has 0 amide bonds. The molecule has 0 unspecified atom stereocenters. The highest BCUT2D eigenvalue weighted by molar-refractivity contribution is 5.87. The molecule has 0 fully saturated rings. The van der Waals surface area contributed by atoms with Gasteiger partial charge in [0, 0.05) is 43.1 Å². The molecule has 0 bridgehead atoms. The highest BCUT2D eigenvalue weighted by Gasteiger charge is 2.06. The van der Waals surface area contributed by atoms with Gasteiger partial charge in [0.15, 0.2) is 0 Å². The number of fused-ring (bicyclic) bond motifs is 1. The van der Waals surface area contributed by atoms with E-state index < -0.39 is 0 Å². The molecule has 0 radical (unpaired) electrons. The van der Waals surface area contributed by atoms with Crippen LogP contribution in [-0.4, -0.2) is 35.8 Å². The van der Waals surface area contributed by atoms with E-state index in [2.05, 4.69) is 57.0 Å². The molecule has 2 aromatic heterocycles. The standard InChI is InChI=1S/C18H17N3O/c1-21(2)16-7-5-13(6-8-16)15-10-17-14(4-3-9-22)11-19-18(17)20-12-15/h5-8,10-12,22H,9H2,1-2H3,(H,19,20). The van der Waals surface area contributed by atoms with E-state index in [-0.39, 0.29) is 6.61 Å². The average Bonchev–Trinajstić information content (AvgIpc) is 2.95. The lowest BCUT2D eigenvalue weighted by atomic mass is 10.1. The number of aliphatic hydroxyl groups is 1. The average molecular weight is 291 g/mol. The quantitative estimate of drug-likeness (QED) is 0.714. The Labute approximate surface area is 129 Å². The van der Waals surface area contributed by atoms with E-state index in [1.54, 1.807) is 0 Å². The topological polar surface area (TPSA) is 52.2 Å². The number of H-pyrrole nitrogens is 1. The third-order valence-corrected chi connectivity index (χ3v) is 3.55. The fourth-order valence-electron chi connectivity index (χ4n) is 2.35. The molecule has 0 saturated heterocycles. The van der Waals surface area contributed by atoms with Crippen LogP contribution in [0.15, 0.2) is 42.7 Å². The second-order valence-corrected chi connectivity index (χ2v) is 5.22. The maximum atomic E-state index is 8.84. The first-order valence-electron chi connectivity index (χ1n) is 7.03. The molecule has 3 rings (SSSR count). The number of hydrogen-bond donors (Lipinski definition) is 2. The highest BCUT2D eigenvalue weighted by Crippen LogP contribution is 2.26. The predicted molar refractivity (Wildman–Crippen MR) is 89.8 cm³/mol. The van der Waals surface area contributed by atoms with E-state index in [9.17, 15) is 0 Å². The van der Waals surface area contributed by atoms with E-state index in [4.69, 9.17) is 5.11 Å². The van der Waals surface area contributed by atoms with Crippen LogP contribution in [0.4, 0.5) is 5.69 Å². The predicted octanol–water partition coefficient (Wildman–Crippen LogP) is 2.64. The van der Waals surface area contributed by atoms with E-state index >= 15 is 0 Å². The molecule has 2 heterocycles. The van der Waals surface area contributed by atoms with Crippen molar-refractivity contribution in [1.82, 2.24) is 9.97 Å². The summed E-state index contributed by atoms with van der Waals surface area (Å²) in [5.74, 6) is 5.62. The van der Waals surface area contributed by atoms with Crippen molar-refractivity contribution in [2.45, 2.75) is 0 Å². The first kappa shape index (κ1) is 14.2. The number of hydrogen-bond acceptors (Lipinski definition) is 3. The maximum Gasteiger partial charge on any atom is 0.138 e. The van der Waals surface area contributed by atoms with Gasteiger partial charge < -0.3 is 15.0 Å². The van der Waals surface area contributed by atoms with Crippen molar-refractivity contribution in [2.24, 2.45) is 0 Å². The van der Waals surface area contributed by atoms with Gasteiger partial charge in [-0.25, -0.2) is 4.98 Å². The Bertz CT molecular complexity index is 851. The summed E-state index contributed by atoms with van der Waals surface area (Å²) in [6.07, 6.45) is 3.67. The van der Waals surface area contributed by atoms with E-state index in [0.717, 1.165) is 33.4 Å². The molecule has 22 heavy (non-hydrogen) atoms. The molecule has 4 heteroatoms. The minimum absolute atomic E-state index is 0.147. The minimum Gasteiger partial charge on any atom is -0.384 e. The SMILES string of the molecule is CN(C)c1ccc(-c2cnc3[nH]cc(C#CCO)c3c2)cc1. The first-order valence-corrected chi connectivity index (χ1v) is 7.03. The number of aromatic nitrogens is 2. The molecule has 0 spiro atoms. The van der Waals surface area contributed by atoms with Gasteiger partial charge in [0.05, 0.1) is 5.56 Å². The Hall–Kier alpha value is -2.77. The number of anilines is 1. The molecule has 1 aromatic carbocycles. The Morgan fingerprint density at radius 3 is 2.64 bits per heavy atom. The van der Waals surface area contributed by atoms with Gasteiger partial charge in [0.25, 0.3) is 0 Å². The lowest BCUT2D eigenvalue weighted by Crippen LogP contribution is -2.07. The normalized spacial score (nSPS) is 10.3. The number of nitrogens with one attached hydrogen (secondary N) is 1. The van der Waals surface area contributed by atoms with Crippen LogP contribution >= 0.6 is 0 Å². The fraction of sp³-hybridized carbons (Fsp3) is 0.167. The molecule has 110 valence electrons. The fourth-order valence-corrected chi connectivity index (χ4v) is 2.35. The van der Waals surface area contributed by atoms with Crippen molar-refractivity contribution in [3.8, 4) is 23.0 Å². The van der Waals surface area contributed by atoms with Crippen LogP contribution in [-0.2, 0) is 0 Å². The van der Waals surface area contributed by atoms with Crippen LogP contribution in [0.1, 0.15) is 5.56 Å². The summed E-state index contributed by atoms with van der Waals surface area (Å²) in [5, 5.41) is 9.80. The summed E-state index contributed by atoms with van der Waals surface area (Å²) in [4.78, 5) is 9.61. The molecule has 4 nitrogen and oxygen atoms in total. The third-order valence-electron chi connectivity index (χ3n) is 3.55. The zero-order valence-corrected chi connectivity index (χ0v) is 12.6. The van der Waals surface area contributed by atoms with Gasteiger partial charge in [-0.3, -0.25) is 0 Å². The van der Waals surface area contributed by atoms with Gasteiger partial charge >= 0.3 is 0 Å².